The predicted octanol–water partition coefficient (Wildman–Crippen LogP) is 4.44. The summed E-state index contributed by atoms with van der Waals surface area (Å²) in [7, 11) is 0. The molecular formula is C17H12IN5. The van der Waals surface area contributed by atoms with Gasteiger partial charge in [0.2, 0.25) is 5.95 Å². The molecule has 0 unspecified atom stereocenters. The maximum atomic E-state index is 8.82. The normalized spacial score (nSPS) is 9.91. The predicted molar refractivity (Wildman–Crippen MR) is 98.9 cm³/mol. The topological polar surface area (TPSA) is 73.6 Å². The zero-order valence-corrected chi connectivity index (χ0v) is 14.2. The van der Waals surface area contributed by atoms with Crippen LogP contribution in [0.4, 0.5) is 23.1 Å². The van der Waals surface area contributed by atoms with Crippen LogP contribution < -0.4 is 10.6 Å². The molecule has 2 N–H and O–H groups in total. The Balaban J connectivity index is 1.80. The molecule has 6 heteroatoms. The molecule has 2 aromatic carbocycles. The van der Waals surface area contributed by atoms with Crippen molar-refractivity contribution in [1.82, 2.24) is 9.97 Å². The van der Waals surface area contributed by atoms with Crippen molar-refractivity contribution in [3.05, 3.63) is 69.9 Å². The van der Waals surface area contributed by atoms with Crippen molar-refractivity contribution >= 4 is 45.7 Å². The Morgan fingerprint density at radius 2 is 1.61 bits per heavy atom. The molecule has 0 amide bonds. The Morgan fingerprint density at radius 3 is 2.30 bits per heavy atom. The molecule has 3 aromatic rings. The van der Waals surface area contributed by atoms with Gasteiger partial charge in [0.25, 0.3) is 0 Å². The SMILES string of the molecule is N#Cc1ccc(Nc2ncc(I)c(Nc3ccccc3)n2)cc1. The lowest BCUT2D eigenvalue weighted by atomic mass is 10.2. The van der Waals surface area contributed by atoms with Gasteiger partial charge in [-0.3, -0.25) is 0 Å². The standard InChI is InChI=1S/C17H12IN5/c18-15-11-20-17(22-14-8-6-12(10-19)7-9-14)23-16(15)21-13-4-2-1-3-5-13/h1-9,11H,(H2,20,21,22,23). The molecular weight excluding hydrogens is 401 g/mol. The van der Waals surface area contributed by atoms with Crippen LogP contribution in [-0.2, 0) is 0 Å². The molecule has 0 aliphatic carbocycles. The summed E-state index contributed by atoms with van der Waals surface area (Å²) in [5.41, 5.74) is 2.41. The Labute approximate surface area is 147 Å². The van der Waals surface area contributed by atoms with E-state index in [0.717, 1.165) is 20.8 Å². The first-order valence-electron chi connectivity index (χ1n) is 6.86. The van der Waals surface area contributed by atoms with E-state index in [2.05, 4.69) is 49.3 Å². The number of hydrogen-bond donors (Lipinski definition) is 2. The maximum Gasteiger partial charge on any atom is 0.229 e. The number of nitrogens with zero attached hydrogens (tertiary/aromatic N) is 3. The van der Waals surface area contributed by atoms with E-state index in [1.54, 1.807) is 18.3 Å². The van der Waals surface area contributed by atoms with Crippen LogP contribution in [-0.4, -0.2) is 9.97 Å². The second-order valence-corrected chi connectivity index (χ2v) is 5.86. The molecule has 0 fully saturated rings. The fourth-order valence-corrected chi connectivity index (χ4v) is 2.33. The maximum absolute atomic E-state index is 8.82. The van der Waals surface area contributed by atoms with Crippen LogP contribution in [0.5, 0.6) is 0 Å². The zero-order valence-electron chi connectivity index (χ0n) is 12.0. The van der Waals surface area contributed by atoms with Crippen molar-refractivity contribution in [2.75, 3.05) is 10.6 Å². The highest BCUT2D eigenvalue weighted by Gasteiger charge is 2.06. The van der Waals surface area contributed by atoms with Gasteiger partial charge >= 0.3 is 0 Å². The third-order valence-corrected chi connectivity index (χ3v) is 3.84. The third-order valence-electron chi connectivity index (χ3n) is 3.05. The van der Waals surface area contributed by atoms with Crippen molar-refractivity contribution in [3.8, 4) is 6.07 Å². The molecule has 1 heterocycles. The van der Waals surface area contributed by atoms with E-state index >= 15 is 0 Å². The second-order valence-electron chi connectivity index (χ2n) is 4.70. The highest BCUT2D eigenvalue weighted by atomic mass is 127. The van der Waals surface area contributed by atoms with Crippen LogP contribution in [0, 0.1) is 14.9 Å². The Morgan fingerprint density at radius 1 is 0.913 bits per heavy atom. The fourth-order valence-electron chi connectivity index (χ4n) is 1.93. The quantitative estimate of drug-likeness (QED) is 0.619. The van der Waals surface area contributed by atoms with Gasteiger partial charge in [-0.1, -0.05) is 18.2 Å². The van der Waals surface area contributed by atoms with Crippen LogP contribution in [0.15, 0.2) is 60.8 Å². The highest BCUT2D eigenvalue weighted by molar-refractivity contribution is 14.1. The minimum atomic E-state index is 0.494. The number of nitrogens with one attached hydrogen (secondary N) is 2. The number of rotatable bonds is 4. The van der Waals surface area contributed by atoms with E-state index in [-0.39, 0.29) is 0 Å². The number of nitriles is 1. The van der Waals surface area contributed by atoms with Gasteiger partial charge in [-0.15, -0.1) is 0 Å². The van der Waals surface area contributed by atoms with Crippen LogP contribution in [0.1, 0.15) is 5.56 Å². The van der Waals surface area contributed by atoms with Crippen molar-refractivity contribution in [2.24, 2.45) is 0 Å². The van der Waals surface area contributed by atoms with Gasteiger partial charge in [0.1, 0.15) is 5.82 Å². The molecule has 0 bridgehead atoms. The third kappa shape index (κ3) is 3.96. The highest BCUT2D eigenvalue weighted by Crippen LogP contribution is 2.22. The number of benzene rings is 2. The molecule has 0 aliphatic heterocycles. The molecule has 5 nitrogen and oxygen atoms in total. The molecule has 0 aliphatic rings. The van der Waals surface area contributed by atoms with Crippen LogP contribution in [0.3, 0.4) is 0 Å². The van der Waals surface area contributed by atoms with Crippen molar-refractivity contribution < 1.29 is 0 Å². The zero-order chi connectivity index (χ0) is 16.1. The lowest BCUT2D eigenvalue weighted by molar-refractivity contribution is 1.15. The molecule has 0 saturated carbocycles. The largest absolute Gasteiger partial charge is 0.339 e. The van der Waals surface area contributed by atoms with E-state index in [1.165, 1.54) is 0 Å². The average molecular weight is 413 g/mol. The van der Waals surface area contributed by atoms with Crippen LogP contribution in [0.2, 0.25) is 0 Å². The van der Waals surface area contributed by atoms with Gasteiger partial charge in [0, 0.05) is 17.6 Å². The molecule has 23 heavy (non-hydrogen) atoms. The smallest absolute Gasteiger partial charge is 0.229 e. The van der Waals surface area contributed by atoms with Gasteiger partial charge in [-0.05, 0) is 59.0 Å². The summed E-state index contributed by atoms with van der Waals surface area (Å²) in [6, 6.07) is 19.1. The first-order valence-corrected chi connectivity index (χ1v) is 7.94. The number of para-hydroxylation sites is 1. The van der Waals surface area contributed by atoms with Crippen molar-refractivity contribution in [2.45, 2.75) is 0 Å². The van der Waals surface area contributed by atoms with Gasteiger partial charge < -0.3 is 10.6 Å². The molecule has 0 radical (unpaired) electrons. The van der Waals surface area contributed by atoms with E-state index in [0.29, 0.717) is 11.5 Å². The Hall–Kier alpha value is -2.66. The molecule has 0 saturated heterocycles. The van der Waals surface area contributed by atoms with Gasteiger partial charge in [-0.25, -0.2) is 4.98 Å². The number of anilines is 4. The van der Waals surface area contributed by atoms with Crippen LogP contribution in [0.25, 0.3) is 0 Å². The molecule has 3 rings (SSSR count). The summed E-state index contributed by atoms with van der Waals surface area (Å²) in [5.74, 6) is 1.23. The van der Waals surface area contributed by atoms with Crippen molar-refractivity contribution in [3.63, 3.8) is 0 Å². The first-order chi connectivity index (χ1) is 11.2. The van der Waals surface area contributed by atoms with Crippen LogP contribution >= 0.6 is 22.6 Å². The summed E-state index contributed by atoms with van der Waals surface area (Å²) in [6.07, 6.45) is 1.75. The summed E-state index contributed by atoms with van der Waals surface area (Å²) < 4.78 is 0.928. The number of hydrogen-bond acceptors (Lipinski definition) is 5. The number of aromatic nitrogens is 2. The fraction of sp³-hybridized carbons (Fsp3) is 0. The second kappa shape index (κ2) is 7.07. The van der Waals surface area contributed by atoms with E-state index in [9.17, 15) is 0 Å². The first kappa shape index (κ1) is 15.2. The number of halogens is 1. The lowest BCUT2D eigenvalue weighted by Crippen LogP contribution is -2.02. The minimum absolute atomic E-state index is 0.494. The van der Waals surface area contributed by atoms with Gasteiger partial charge in [0.05, 0.1) is 15.2 Å². The monoisotopic (exact) mass is 413 g/mol. The average Bonchev–Trinajstić information content (AvgIpc) is 2.59. The van der Waals surface area contributed by atoms with Gasteiger partial charge in [0.15, 0.2) is 0 Å². The molecule has 0 spiro atoms. The van der Waals surface area contributed by atoms with E-state index in [4.69, 9.17) is 5.26 Å². The lowest BCUT2D eigenvalue weighted by Gasteiger charge is -2.10. The summed E-state index contributed by atoms with van der Waals surface area (Å²) in [6.45, 7) is 0. The molecule has 1 aromatic heterocycles. The molecule has 112 valence electrons. The summed E-state index contributed by atoms with van der Waals surface area (Å²) in [4.78, 5) is 8.78. The van der Waals surface area contributed by atoms with E-state index in [1.807, 2.05) is 42.5 Å². The Kier molecular flexibility index (Phi) is 4.68. The van der Waals surface area contributed by atoms with E-state index < -0.39 is 0 Å². The van der Waals surface area contributed by atoms with Gasteiger partial charge in [-0.2, -0.15) is 10.2 Å². The summed E-state index contributed by atoms with van der Waals surface area (Å²) >= 11 is 2.19. The molecule has 0 atom stereocenters. The summed E-state index contributed by atoms with van der Waals surface area (Å²) in [5, 5.41) is 15.2. The minimum Gasteiger partial charge on any atom is -0.339 e. The van der Waals surface area contributed by atoms with Crippen molar-refractivity contribution in [1.29, 1.82) is 5.26 Å². The Bertz CT molecular complexity index is 841.